The predicted molar refractivity (Wildman–Crippen MR) is 111 cm³/mol. The number of carbonyl (C=O) groups excluding carboxylic acids is 5. The average Bonchev–Trinajstić information content (AvgIpc) is 2.65. The molecule has 0 aliphatic rings. The summed E-state index contributed by atoms with van der Waals surface area (Å²) in [5, 5.41) is 0. The van der Waals surface area contributed by atoms with E-state index in [-0.39, 0.29) is 47.2 Å². The van der Waals surface area contributed by atoms with Crippen molar-refractivity contribution >= 4 is 29.7 Å². The monoisotopic (exact) mass is 442 g/mol. The van der Waals surface area contributed by atoms with Crippen LogP contribution in [0.15, 0.2) is 36.4 Å². The van der Waals surface area contributed by atoms with Crippen LogP contribution in [0.2, 0.25) is 0 Å². The molecule has 0 saturated heterocycles. The van der Waals surface area contributed by atoms with E-state index in [4.69, 9.17) is 18.9 Å². The quantitative estimate of drug-likeness (QED) is 0.344. The fourth-order valence-corrected chi connectivity index (χ4v) is 2.81. The van der Waals surface area contributed by atoms with Crippen molar-refractivity contribution in [2.24, 2.45) is 0 Å². The zero-order chi connectivity index (χ0) is 23.8. The summed E-state index contributed by atoms with van der Waals surface area (Å²) in [6.07, 6.45) is 0.176. The lowest BCUT2D eigenvalue weighted by Gasteiger charge is -2.12. The number of esters is 4. The Balaban J connectivity index is 2.25. The van der Waals surface area contributed by atoms with Crippen LogP contribution in [0.3, 0.4) is 0 Å². The Bertz CT molecular complexity index is 1070. The lowest BCUT2D eigenvalue weighted by atomic mass is 10.0. The number of hydrogen-bond acceptors (Lipinski definition) is 9. The van der Waals surface area contributed by atoms with E-state index in [9.17, 15) is 24.0 Å². The van der Waals surface area contributed by atoms with E-state index in [1.54, 1.807) is 6.07 Å². The highest BCUT2D eigenvalue weighted by Crippen LogP contribution is 2.29. The van der Waals surface area contributed by atoms with E-state index in [1.807, 2.05) is 0 Å². The number of rotatable bonds is 8. The molecule has 0 unspecified atom stereocenters. The van der Waals surface area contributed by atoms with Crippen molar-refractivity contribution in [2.75, 3.05) is 0 Å². The third-order valence-electron chi connectivity index (χ3n) is 3.94. The Labute approximate surface area is 184 Å². The van der Waals surface area contributed by atoms with Gasteiger partial charge >= 0.3 is 23.9 Å². The molecule has 2 rings (SSSR count). The van der Waals surface area contributed by atoms with Gasteiger partial charge < -0.3 is 18.9 Å². The van der Waals surface area contributed by atoms with Gasteiger partial charge in [0, 0.05) is 46.2 Å². The zero-order valence-corrected chi connectivity index (χ0v) is 18.1. The van der Waals surface area contributed by atoms with Gasteiger partial charge in [0.15, 0.2) is 5.78 Å². The molecule has 0 saturated carbocycles. The molecule has 168 valence electrons. The summed E-state index contributed by atoms with van der Waals surface area (Å²) in [7, 11) is 0. The third-order valence-corrected chi connectivity index (χ3v) is 3.94. The number of benzene rings is 2. The van der Waals surface area contributed by atoms with Crippen LogP contribution in [0.25, 0.3) is 0 Å². The van der Waals surface area contributed by atoms with Crippen LogP contribution in [0, 0.1) is 0 Å². The van der Waals surface area contributed by atoms with Gasteiger partial charge in [-0.2, -0.15) is 0 Å². The minimum absolute atomic E-state index is 0.0116. The highest BCUT2D eigenvalue weighted by Gasteiger charge is 2.18. The van der Waals surface area contributed by atoms with Crippen LogP contribution < -0.4 is 18.9 Å². The van der Waals surface area contributed by atoms with Gasteiger partial charge in [0.1, 0.15) is 23.0 Å². The summed E-state index contributed by atoms with van der Waals surface area (Å²) < 4.78 is 20.2. The van der Waals surface area contributed by atoms with E-state index in [2.05, 4.69) is 0 Å². The molecule has 0 aliphatic heterocycles. The molecule has 0 aromatic heterocycles. The maximum Gasteiger partial charge on any atom is 0.308 e. The first-order valence-electron chi connectivity index (χ1n) is 9.59. The standard InChI is InChI=1S/C23H22O9/c1-13(24)29-18-7-5-17(22(11-18)31-15(3)26)6-10-21(28)20-9-8-19(30-14(2)25)12-23(20)32-16(4)27/h5,7-9,11-12H,6,10H2,1-4H3. The fourth-order valence-electron chi connectivity index (χ4n) is 2.81. The largest absolute Gasteiger partial charge is 0.427 e. The summed E-state index contributed by atoms with van der Waals surface area (Å²) in [6, 6.07) is 8.59. The summed E-state index contributed by atoms with van der Waals surface area (Å²) >= 11 is 0. The number of Topliss-reactive ketones (excluding diaryl/α,β-unsaturated/α-hetero) is 1. The van der Waals surface area contributed by atoms with Crippen molar-refractivity contribution in [3.63, 3.8) is 0 Å². The fraction of sp³-hybridized carbons (Fsp3) is 0.261. The minimum atomic E-state index is -0.641. The summed E-state index contributed by atoms with van der Waals surface area (Å²) in [6.45, 7) is 4.87. The van der Waals surface area contributed by atoms with Gasteiger partial charge in [-0.05, 0) is 30.2 Å². The van der Waals surface area contributed by atoms with Gasteiger partial charge in [0.25, 0.3) is 0 Å². The molecule has 9 nitrogen and oxygen atoms in total. The van der Waals surface area contributed by atoms with Crippen molar-refractivity contribution < 1.29 is 42.9 Å². The lowest BCUT2D eigenvalue weighted by molar-refractivity contribution is -0.133. The molecule has 0 atom stereocenters. The first-order chi connectivity index (χ1) is 15.0. The second-order valence-electron chi connectivity index (χ2n) is 6.73. The molecule has 0 heterocycles. The highest BCUT2D eigenvalue weighted by atomic mass is 16.6. The summed E-state index contributed by atoms with van der Waals surface area (Å²) in [5.41, 5.74) is 0.664. The SMILES string of the molecule is CC(=O)Oc1ccc(CCC(=O)c2ccc(OC(C)=O)cc2OC(C)=O)c(OC(C)=O)c1. The molecule has 0 bridgehead atoms. The number of aryl methyl sites for hydroxylation is 1. The van der Waals surface area contributed by atoms with Crippen LogP contribution in [-0.2, 0) is 25.6 Å². The molecule has 32 heavy (non-hydrogen) atoms. The van der Waals surface area contributed by atoms with Crippen molar-refractivity contribution in [3.05, 3.63) is 47.5 Å². The van der Waals surface area contributed by atoms with Gasteiger partial charge in [-0.25, -0.2) is 0 Å². The molecule has 0 aliphatic carbocycles. The maximum atomic E-state index is 12.8. The molecule has 0 N–H and O–H groups in total. The molecular formula is C23H22O9. The van der Waals surface area contributed by atoms with Crippen LogP contribution in [0.5, 0.6) is 23.0 Å². The van der Waals surface area contributed by atoms with E-state index in [0.29, 0.717) is 5.56 Å². The van der Waals surface area contributed by atoms with Gasteiger partial charge in [-0.15, -0.1) is 0 Å². The third kappa shape index (κ3) is 7.35. The van der Waals surface area contributed by atoms with Gasteiger partial charge in [0.05, 0.1) is 5.56 Å². The van der Waals surface area contributed by atoms with E-state index >= 15 is 0 Å². The van der Waals surface area contributed by atoms with Crippen LogP contribution in [0.1, 0.15) is 50.0 Å². The second kappa shape index (κ2) is 10.9. The molecule has 2 aromatic rings. The van der Waals surface area contributed by atoms with E-state index in [0.717, 1.165) is 0 Å². The van der Waals surface area contributed by atoms with Crippen molar-refractivity contribution in [3.8, 4) is 23.0 Å². The maximum absolute atomic E-state index is 12.8. The zero-order valence-electron chi connectivity index (χ0n) is 18.1. The molecule has 0 spiro atoms. The number of ether oxygens (including phenoxy) is 4. The average molecular weight is 442 g/mol. The van der Waals surface area contributed by atoms with Crippen molar-refractivity contribution in [1.82, 2.24) is 0 Å². The van der Waals surface area contributed by atoms with Crippen LogP contribution in [-0.4, -0.2) is 29.7 Å². The predicted octanol–water partition coefficient (Wildman–Crippen LogP) is 3.20. The summed E-state index contributed by atoms with van der Waals surface area (Å²) in [5.74, 6) is -2.21. The number of ketones is 1. The molecule has 2 aromatic carbocycles. The van der Waals surface area contributed by atoms with Crippen molar-refractivity contribution in [1.29, 1.82) is 0 Å². The Morgan fingerprint density at radius 1 is 0.625 bits per heavy atom. The topological polar surface area (TPSA) is 122 Å². The van der Waals surface area contributed by atoms with Gasteiger partial charge in [-0.3, -0.25) is 24.0 Å². The smallest absolute Gasteiger partial charge is 0.308 e. The van der Waals surface area contributed by atoms with Crippen molar-refractivity contribution in [2.45, 2.75) is 40.5 Å². The Hall–Kier alpha value is -4.01. The number of hydrogen-bond donors (Lipinski definition) is 0. The molecule has 0 radical (unpaired) electrons. The van der Waals surface area contributed by atoms with Crippen LogP contribution >= 0.6 is 0 Å². The molecule has 0 fully saturated rings. The lowest BCUT2D eigenvalue weighted by Crippen LogP contribution is -2.10. The van der Waals surface area contributed by atoms with Gasteiger partial charge in [-0.1, -0.05) is 6.07 Å². The molecule has 0 amide bonds. The van der Waals surface area contributed by atoms with E-state index < -0.39 is 23.9 Å². The Morgan fingerprint density at radius 2 is 1.09 bits per heavy atom. The normalized spacial score (nSPS) is 10.1. The second-order valence-corrected chi connectivity index (χ2v) is 6.73. The number of carbonyl (C=O) groups is 5. The first kappa shape index (κ1) is 24.3. The minimum Gasteiger partial charge on any atom is -0.427 e. The molecular weight excluding hydrogens is 420 g/mol. The molecule has 9 heteroatoms. The van der Waals surface area contributed by atoms with Crippen LogP contribution in [0.4, 0.5) is 0 Å². The van der Waals surface area contributed by atoms with E-state index in [1.165, 1.54) is 58.0 Å². The Kier molecular flexibility index (Phi) is 8.23. The highest BCUT2D eigenvalue weighted by molar-refractivity contribution is 5.99. The summed E-state index contributed by atoms with van der Waals surface area (Å²) in [4.78, 5) is 58.0. The Morgan fingerprint density at radius 3 is 1.62 bits per heavy atom. The first-order valence-corrected chi connectivity index (χ1v) is 9.59. The van der Waals surface area contributed by atoms with Gasteiger partial charge in [0.2, 0.25) is 0 Å².